The first-order chi connectivity index (χ1) is 9.85. The smallest absolute Gasteiger partial charge is 0.148 e. The van der Waals surface area contributed by atoms with Crippen LogP contribution < -0.4 is 10.1 Å². The van der Waals surface area contributed by atoms with Gasteiger partial charge < -0.3 is 10.1 Å². The van der Waals surface area contributed by atoms with Gasteiger partial charge in [0.05, 0.1) is 12.3 Å². The molecule has 4 heteroatoms. The van der Waals surface area contributed by atoms with E-state index in [0.29, 0.717) is 5.92 Å². The van der Waals surface area contributed by atoms with Crippen LogP contribution in [0.25, 0.3) is 0 Å². The van der Waals surface area contributed by atoms with Gasteiger partial charge in [0.1, 0.15) is 11.6 Å². The molecule has 3 rings (SSSR count). The zero-order valence-corrected chi connectivity index (χ0v) is 11.7. The maximum absolute atomic E-state index is 5.81. The fourth-order valence-corrected chi connectivity index (χ4v) is 2.56. The SMILES string of the molecule is CCNc1ccc(CC2COc3ccccc3C2)nn1. The molecule has 0 radical (unpaired) electrons. The van der Waals surface area contributed by atoms with E-state index in [1.54, 1.807) is 0 Å². The highest BCUT2D eigenvalue weighted by atomic mass is 16.5. The van der Waals surface area contributed by atoms with Crippen molar-refractivity contribution < 1.29 is 4.74 Å². The molecule has 0 spiro atoms. The van der Waals surface area contributed by atoms with Crippen LogP contribution in [0, 0.1) is 5.92 Å². The fourth-order valence-electron chi connectivity index (χ4n) is 2.56. The molecule has 1 N–H and O–H groups in total. The summed E-state index contributed by atoms with van der Waals surface area (Å²) in [4.78, 5) is 0. The summed E-state index contributed by atoms with van der Waals surface area (Å²) >= 11 is 0. The summed E-state index contributed by atoms with van der Waals surface area (Å²) in [6, 6.07) is 12.3. The van der Waals surface area contributed by atoms with Crippen LogP contribution in [-0.4, -0.2) is 23.3 Å². The van der Waals surface area contributed by atoms with Gasteiger partial charge in [0.25, 0.3) is 0 Å². The zero-order chi connectivity index (χ0) is 13.8. The van der Waals surface area contributed by atoms with Crippen molar-refractivity contribution in [2.75, 3.05) is 18.5 Å². The molecule has 1 atom stereocenters. The Hall–Kier alpha value is -2.10. The first-order valence-electron chi connectivity index (χ1n) is 7.12. The van der Waals surface area contributed by atoms with Gasteiger partial charge in [-0.25, -0.2) is 0 Å². The van der Waals surface area contributed by atoms with E-state index in [1.807, 2.05) is 31.2 Å². The van der Waals surface area contributed by atoms with E-state index in [1.165, 1.54) is 5.56 Å². The molecule has 1 aromatic heterocycles. The fraction of sp³-hybridized carbons (Fsp3) is 0.375. The Bertz CT molecular complexity index is 568. The number of nitrogens with one attached hydrogen (secondary N) is 1. The number of para-hydroxylation sites is 1. The summed E-state index contributed by atoms with van der Waals surface area (Å²) in [5.74, 6) is 2.34. The number of benzene rings is 1. The van der Waals surface area contributed by atoms with Crippen LogP contribution in [0.15, 0.2) is 36.4 Å². The monoisotopic (exact) mass is 269 g/mol. The molecule has 1 aromatic carbocycles. The minimum atomic E-state index is 0.476. The number of anilines is 1. The van der Waals surface area contributed by atoms with E-state index >= 15 is 0 Å². The normalized spacial score (nSPS) is 17.1. The molecule has 104 valence electrons. The summed E-state index contributed by atoms with van der Waals surface area (Å²) in [5, 5.41) is 11.6. The number of aromatic nitrogens is 2. The van der Waals surface area contributed by atoms with Crippen molar-refractivity contribution in [2.45, 2.75) is 19.8 Å². The first-order valence-corrected chi connectivity index (χ1v) is 7.12. The van der Waals surface area contributed by atoms with Gasteiger partial charge in [-0.2, -0.15) is 5.10 Å². The van der Waals surface area contributed by atoms with E-state index in [9.17, 15) is 0 Å². The summed E-state index contributed by atoms with van der Waals surface area (Å²) in [5.41, 5.74) is 2.32. The average Bonchev–Trinajstić information content (AvgIpc) is 2.49. The van der Waals surface area contributed by atoms with Crippen LogP contribution in [0.3, 0.4) is 0 Å². The number of rotatable bonds is 4. The Morgan fingerprint density at radius 3 is 2.90 bits per heavy atom. The highest BCUT2D eigenvalue weighted by Gasteiger charge is 2.20. The van der Waals surface area contributed by atoms with Gasteiger partial charge in [-0.1, -0.05) is 18.2 Å². The molecule has 0 fully saturated rings. The molecule has 0 bridgehead atoms. The van der Waals surface area contributed by atoms with Crippen molar-refractivity contribution in [1.82, 2.24) is 10.2 Å². The van der Waals surface area contributed by atoms with E-state index < -0.39 is 0 Å². The lowest BCUT2D eigenvalue weighted by Gasteiger charge is -2.24. The topological polar surface area (TPSA) is 47.0 Å². The standard InChI is InChI=1S/C16H19N3O/c1-2-17-16-8-7-14(18-19-16)10-12-9-13-5-3-4-6-15(13)20-11-12/h3-8,12H,2,9-11H2,1H3,(H,17,19). The molecule has 1 aliphatic rings. The summed E-state index contributed by atoms with van der Waals surface area (Å²) in [7, 11) is 0. The maximum Gasteiger partial charge on any atom is 0.148 e. The van der Waals surface area contributed by atoms with Crippen LogP contribution in [-0.2, 0) is 12.8 Å². The Balaban J connectivity index is 1.64. The molecular formula is C16H19N3O. The van der Waals surface area contributed by atoms with E-state index in [-0.39, 0.29) is 0 Å². The Labute approximate surface area is 119 Å². The number of nitrogens with zero attached hydrogens (tertiary/aromatic N) is 2. The largest absolute Gasteiger partial charge is 0.493 e. The van der Waals surface area contributed by atoms with Crippen LogP contribution in [0.5, 0.6) is 5.75 Å². The maximum atomic E-state index is 5.81. The minimum absolute atomic E-state index is 0.476. The molecule has 2 aromatic rings. The lowest BCUT2D eigenvalue weighted by atomic mass is 9.93. The summed E-state index contributed by atoms with van der Waals surface area (Å²) in [6.07, 6.45) is 1.96. The van der Waals surface area contributed by atoms with Crippen molar-refractivity contribution >= 4 is 5.82 Å². The summed E-state index contributed by atoms with van der Waals surface area (Å²) in [6.45, 7) is 3.67. The van der Waals surface area contributed by atoms with Crippen molar-refractivity contribution in [2.24, 2.45) is 5.92 Å². The molecule has 0 saturated carbocycles. The second-order valence-electron chi connectivity index (χ2n) is 5.13. The molecule has 20 heavy (non-hydrogen) atoms. The quantitative estimate of drug-likeness (QED) is 0.927. The van der Waals surface area contributed by atoms with Gasteiger partial charge in [0.2, 0.25) is 0 Å². The Kier molecular flexibility index (Phi) is 3.81. The molecule has 4 nitrogen and oxygen atoms in total. The predicted octanol–water partition coefficient (Wildman–Crippen LogP) is 2.70. The van der Waals surface area contributed by atoms with Gasteiger partial charge >= 0.3 is 0 Å². The van der Waals surface area contributed by atoms with Gasteiger partial charge in [-0.3, -0.25) is 0 Å². The third kappa shape index (κ3) is 2.90. The molecule has 0 saturated heterocycles. The average molecular weight is 269 g/mol. The number of hydrogen-bond acceptors (Lipinski definition) is 4. The van der Waals surface area contributed by atoms with Crippen LogP contribution in [0.4, 0.5) is 5.82 Å². The zero-order valence-electron chi connectivity index (χ0n) is 11.7. The molecule has 1 aliphatic heterocycles. The third-order valence-corrected chi connectivity index (χ3v) is 3.53. The third-order valence-electron chi connectivity index (χ3n) is 3.53. The highest BCUT2D eigenvalue weighted by molar-refractivity contribution is 5.35. The summed E-state index contributed by atoms with van der Waals surface area (Å²) < 4.78 is 5.81. The predicted molar refractivity (Wildman–Crippen MR) is 79.0 cm³/mol. The van der Waals surface area contributed by atoms with Crippen molar-refractivity contribution in [3.63, 3.8) is 0 Å². The molecule has 2 heterocycles. The van der Waals surface area contributed by atoms with Crippen molar-refractivity contribution in [3.05, 3.63) is 47.7 Å². The van der Waals surface area contributed by atoms with E-state index in [0.717, 1.165) is 43.3 Å². The number of hydrogen-bond donors (Lipinski definition) is 1. The molecule has 0 amide bonds. The van der Waals surface area contributed by atoms with Crippen LogP contribution in [0.1, 0.15) is 18.2 Å². The van der Waals surface area contributed by atoms with Crippen molar-refractivity contribution in [1.29, 1.82) is 0 Å². The molecular weight excluding hydrogens is 250 g/mol. The van der Waals surface area contributed by atoms with Crippen LogP contribution >= 0.6 is 0 Å². The van der Waals surface area contributed by atoms with Crippen molar-refractivity contribution in [3.8, 4) is 5.75 Å². The Morgan fingerprint density at radius 2 is 2.10 bits per heavy atom. The number of fused-ring (bicyclic) bond motifs is 1. The lowest BCUT2D eigenvalue weighted by molar-refractivity contribution is 0.220. The van der Waals surface area contributed by atoms with E-state index in [4.69, 9.17) is 4.74 Å². The molecule has 1 unspecified atom stereocenters. The highest BCUT2D eigenvalue weighted by Crippen LogP contribution is 2.28. The second kappa shape index (κ2) is 5.90. The van der Waals surface area contributed by atoms with Gasteiger partial charge in [0.15, 0.2) is 0 Å². The first kappa shape index (κ1) is 12.9. The van der Waals surface area contributed by atoms with Gasteiger partial charge in [0, 0.05) is 12.5 Å². The number of ether oxygens (including phenoxy) is 1. The second-order valence-corrected chi connectivity index (χ2v) is 5.13. The lowest BCUT2D eigenvalue weighted by Crippen LogP contribution is -2.23. The van der Waals surface area contributed by atoms with Gasteiger partial charge in [-0.05, 0) is 43.5 Å². The van der Waals surface area contributed by atoms with Gasteiger partial charge in [-0.15, -0.1) is 5.10 Å². The molecule has 0 aliphatic carbocycles. The van der Waals surface area contributed by atoms with Crippen LogP contribution in [0.2, 0.25) is 0 Å². The van der Waals surface area contributed by atoms with E-state index in [2.05, 4.69) is 27.6 Å². The Morgan fingerprint density at radius 1 is 1.20 bits per heavy atom. The minimum Gasteiger partial charge on any atom is -0.493 e.